The molecular weight excluding hydrogens is 243 g/mol. The molecule has 0 aliphatic heterocycles. The zero-order chi connectivity index (χ0) is 14.3. The van der Waals surface area contributed by atoms with Crippen LogP contribution in [0.25, 0.3) is 0 Å². The Kier molecular flexibility index (Phi) is 6.50. The van der Waals surface area contributed by atoms with Crippen LogP contribution in [0.1, 0.15) is 32.3 Å². The minimum atomic E-state index is -0.235. The van der Waals surface area contributed by atoms with Crippen molar-refractivity contribution < 1.29 is 9.18 Å². The quantitative estimate of drug-likeness (QED) is 0.823. The summed E-state index contributed by atoms with van der Waals surface area (Å²) < 4.78 is 13.1. The lowest BCUT2D eigenvalue weighted by atomic mass is 10.1. The van der Waals surface area contributed by atoms with Crippen molar-refractivity contribution in [1.82, 2.24) is 4.90 Å². The maximum Gasteiger partial charge on any atom is 0.224 e. The van der Waals surface area contributed by atoms with Gasteiger partial charge in [-0.15, -0.1) is 0 Å². The third kappa shape index (κ3) is 5.83. The number of nitrogens with zero attached hydrogens (tertiary/aromatic N) is 1. The molecule has 4 heteroatoms. The van der Waals surface area contributed by atoms with E-state index in [9.17, 15) is 9.18 Å². The highest BCUT2D eigenvalue weighted by Gasteiger charge is 2.14. The van der Waals surface area contributed by atoms with E-state index in [-0.39, 0.29) is 17.8 Å². The molecule has 0 spiro atoms. The smallest absolute Gasteiger partial charge is 0.224 e. The minimum Gasteiger partial charge on any atom is -0.342 e. The molecule has 19 heavy (non-hydrogen) atoms. The Morgan fingerprint density at radius 1 is 1.42 bits per heavy atom. The van der Waals surface area contributed by atoms with Gasteiger partial charge in [-0.3, -0.25) is 4.79 Å². The number of carbonyl (C=O) groups is 1. The summed E-state index contributed by atoms with van der Waals surface area (Å²) in [6.07, 6.45) is 1.94. The number of carbonyl (C=O) groups excluding carboxylic acids is 1. The molecule has 1 aromatic rings. The van der Waals surface area contributed by atoms with Crippen molar-refractivity contribution in [3.8, 4) is 0 Å². The highest BCUT2D eigenvalue weighted by molar-refractivity contribution is 5.76. The van der Waals surface area contributed by atoms with Crippen molar-refractivity contribution in [3.63, 3.8) is 0 Å². The summed E-state index contributed by atoms with van der Waals surface area (Å²) in [6.45, 7) is 5.20. The maximum atomic E-state index is 13.1. The third-order valence-corrected chi connectivity index (χ3v) is 2.90. The molecule has 1 unspecified atom stereocenters. The van der Waals surface area contributed by atoms with Crippen molar-refractivity contribution >= 4 is 5.91 Å². The predicted octanol–water partition coefficient (Wildman–Crippen LogP) is 2.34. The highest BCUT2D eigenvalue weighted by Crippen LogP contribution is 2.07. The number of rotatable bonds is 7. The van der Waals surface area contributed by atoms with Gasteiger partial charge in [0, 0.05) is 25.6 Å². The topological polar surface area (TPSA) is 46.3 Å². The van der Waals surface area contributed by atoms with Gasteiger partial charge in [0.2, 0.25) is 5.91 Å². The molecule has 1 aromatic carbocycles. The Morgan fingerprint density at radius 3 is 2.74 bits per heavy atom. The first-order valence-electron chi connectivity index (χ1n) is 6.80. The van der Waals surface area contributed by atoms with Crippen LogP contribution in [0.5, 0.6) is 0 Å². The molecule has 1 amide bonds. The van der Waals surface area contributed by atoms with Gasteiger partial charge in [-0.2, -0.15) is 0 Å². The third-order valence-electron chi connectivity index (χ3n) is 2.90. The van der Waals surface area contributed by atoms with E-state index in [2.05, 4.69) is 0 Å². The van der Waals surface area contributed by atoms with Crippen LogP contribution in [-0.4, -0.2) is 29.9 Å². The summed E-state index contributed by atoms with van der Waals surface area (Å²) in [5.41, 5.74) is 6.57. The van der Waals surface area contributed by atoms with Crippen LogP contribution in [0.15, 0.2) is 24.3 Å². The first-order valence-corrected chi connectivity index (χ1v) is 6.80. The Labute approximate surface area is 114 Å². The second kappa shape index (κ2) is 7.89. The van der Waals surface area contributed by atoms with Crippen LogP contribution in [0.3, 0.4) is 0 Å². The fraction of sp³-hybridized carbons (Fsp3) is 0.533. The van der Waals surface area contributed by atoms with Gasteiger partial charge >= 0.3 is 0 Å². The van der Waals surface area contributed by atoms with Crippen LogP contribution in [0.2, 0.25) is 0 Å². The number of nitrogens with two attached hydrogens (primary N) is 1. The van der Waals surface area contributed by atoms with Gasteiger partial charge in [0.25, 0.3) is 0 Å². The highest BCUT2D eigenvalue weighted by atomic mass is 19.1. The normalized spacial score (nSPS) is 12.2. The standard InChI is InChI=1S/C15H23FN2O/c1-3-8-18(15(19)10-12(2)17)9-7-13-5-4-6-14(16)11-13/h4-6,11-12H,3,7-10,17H2,1-2H3. The molecule has 3 nitrogen and oxygen atoms in total. The fourth-order valence-electron chi connectivity index (χ4n) is 1.99. The SMILES string of the molecule is CCCN(CCc1cccc(F)c1)C(=O)CC(C)N. The van der Waals surface area contributed by atoms with E-state index < -0.39 is 0 Å². The number of amides is 1. The summed E-state index contributed by atoms with van der Waals surface area (Å²) in [4.78, 5) is 13.8. The summed E-state index contributed by atoms with van der Waals surface area (Å²) in [5, 5.41) is 0. The molecule has 0 fully saturated rings. The van der Waals surface area contributed by atoms with Crippen molar-refractivity contribution in [3.05, 3.63) is 35.6 Å². The largest absolute Gasteiger partial charge is 0.342 e. The molecule has 0 aliphatic carbocycles. The van der Waals surface area contributed by atoms with Gasteiger partial charge in [0.15, 0.2) is 0 Å². The number of halogens is 1. The molecule has 0 aromatic heterocycles. The summed E-state index contributed by atoms with van der Waals surface area (Å²) in [6, 6.07) is 6.39. The lowest BCUT2D eigenvalue weighted by Crippen LogP contribution is -2.36. The molecule has 0 heterocycles. The van der Waals surface area contributed by atoms with E-state index >= 15 is 0 Å². The van der Waals surface area contributed by atoms with E-state index in [4.69, 9.17) is 5.73 Å². The molecule has 106 valence electrons. The first-order chi connectivity index (χ1) is 9.02. The average molecular weight is 266 g/mol. The number of hydrogen-bond donors (Lipinski definition) is 1. The zero-order valence-corrected chi connectivity index (χ0v) is 11.7. The average Bonchev–Trinajstić information content (AvgIpc) is 2.33. The van der Waals surface area contributed by atoms with Crippen LogP contribution >= 0.6 is 0 Å². The van der Waals surface area contributed by atoms with Gasteiger partial charge in [0.05, 0.1) is 0 Å². The molecule has 0 radical (unpaired) electrons. The van der Waals surface area contributed by atoms with Crippen LogP contribution in [-0.2, 0) is 11.2 Å². The zero-order valence-electron chi connectivity index (χ0n) is 11.7. The van der Waals surface area contributed by atoms with E-state index in [1.807, 2.05) is 24.8 Å². The van der Waals surface area contributed by atoms with E-state index in [1.54, 1.807) is 6.07 Å². The van der Waals surface area contributed by atoms with E-state index in [0.29, 0.717) is 19.4 Å². The van der Waals surface area contributed by atoms with E-state index in [1.165, 1.54) is 12.1 Å². The van der Waals surface area contributed by atoms with Crippen molar-refractivity contribution in [2.24, 2.45) is 5.73 Å². The lowest BCUT2D eigenvalue weighted by Gasteiger charge is -2.23. The molecule has 0 aliphatic rings. The van der Waals surface area contributed by atoms with Gasteiger partial charge in [-0.1, -0.05) is 19.1 Å². The lowest BCUT2D eigenvalue weighted by molar-refractivity contribution is -0.131. The second-order valence-electron chi connectivity index (χ2n) is 4.94. The fourth-order valence-corrected chi connectivity index (χ4v) is 1.99. The van der Waals surface area contributed by atoms with Gasteiger partial charge in [0.1, 0.15) is 5.82 Å². The Hall–Kier alpha value is -1.42. The van der Waals surface area contributed by atoms with Crippen molar-refractivity contribution in [1.29, 1.82) is 0 Å². The predicted molar refractivity (Wildman–Crippen MR) is 75.2 cm³/mol. The second-order valence-corrected chi connectivity index (χ2v) is 4.94. The summed E-state index contributed by atoms with van der Waals surface area (Å²) in [5.74, 6) is -0.158. The van der Waals surface area contributed by atoms with Gasteiger partial charge in [-0.25, -0.2) is 4.39 Å². The first kappa shape index (κ1) is 15.6. The molecule has 1 rings (SSSR count). The Balaban J connectivity index is 2.56. The molecule has 1 atom stereocenters. The number of hydrogen-bond acceptors (Lipinski definition) is 2. The number of benzene rings is 1. The maximum absolute atomic E-state index is 13.1. The molecular formula is C15H23FN2O. The van der Waals surface area contributed by atoms with E-state index in [0.717, 1.165) is 18.5 Å². The minimum absolute atomic E-state index is 0.0771. The molecule has 0 saturated carbocycles. The monoisotopic (exact) mass is 266 g/mol. The Morgan fingerprint density at radius 2 is 2.16 bits per heavy atom. The van der Waals surface area contributed by atoms with Gasteiger partial charge < -0.3 is 10.6 Å². The van der Waals surface area contributed by atoms with Gasteiger partial charge in [-0.05, 0) is 37.5 Å². The molecule has 2 N–H and O–H groups in total. The summed E-state index contributed by atoms with van der Waals surface area (Å²) in [7, 11) is 0. The van der Waals surface area contributed by atoms with Crippen molar-refractivity contribution in [2.45, 2.75) is 39.2 Å². The van der Waals surface area contributed by atoms with Crippen LogP contribution in [0.4, 0.5) is 4.39 Å². The van der Waals surface area contributed by atoms with Crippen molar-refractivity contribution in [2.75, 3.05) is 13.1 Å². The van der Waals surface area contributed by atoms with Crippen LogP contribution < -0.4 is 5.73 Å². The molecule has 0 bridgehead atoms. The summed E-state index contributed by atoms with van der Waals surface area (Å²) >= 11 is 0. The molecule has 0 saturated heterocycles. The Bertz CT molecular complexity index is 407. The van der Waals surface area contributed by atoms with Crippen LogP contribution in [0, 0.1) is 5.82 Å².